The summed E-state index contributed by atoms with van der Waals surface area (Å²) >= 11 is 0. The van der Waals surface area contributed by atoms with Crippen molar-refractivity contribution in [2.45, 2.75) is 38.1 Å². The number of likely N-dealkylation sites (N-methyl/N-ethyl adjacent to an activating group) is 1. The van der Waals surface area contributed by atoms with Crippen molar-refractivity contribution in [3.8, 4) is 0 Å². The number of rotatable bonds is 4. The number of anilines is 2. The highest BCUT2D eigenvalue weighted by molar-refractivity contribution is 5.50. The number of aromatic nitrogens is 4. The second-order valence-electron chi connectivity index (χ2n) is 6.43. The van der Waals surface area contributed by atoms with E-state index in [1.54, 1.807) is 12.5 Å². The highest BCUT2D eigenvalue weighted by Gasteiger charge is 2.28. The van der Waals surface area contributed by atoms with Crippen LogP contribution in [-0.2, 0) is 12.8 Å². The smallest absolute Gasteiger partial charge is 0.151 e. The summed E-state index contributed by atoms with van der Waals surface area (Å²) in [6.07, 6.45) is 9.23. The monoisotopic (exact) mass is 310 g/mol. The molecule has 2 aromatic heterocycles. The van der Waals surface area contributed by atoms with Crippen LogP contribution < -0.4 is 9.80 Å². The lowest BCUT2D eigenvalue weighted by Crippen LogP contribution is -2.40. The quantitative estimate of drug-likeness (QED) is 0.859. The molecule has 1 fully saturated rings. The first-order valence-corrected chi connectivity index (χ1v) is 8.41. The van der Waals surface area contributed by atoms with Gasteiger partial charge in [0, 0.05) is 43.6 Å². The fourth-order valence-electron chi connectivity index (χ4n) is 3.85. The normalized spacial score (nSPS) is 19.9. The van der Waals surface area contributed by atoms with E-state index in [2.05, 4.69) is 37.0 Å². The number of fused-ring (bicyclic) bond motifs is 1. The van der Waals surface area contributed by atoms with Crippen molar-refractivity contribution in [3.63, 3.8) is 0 Å². The van der Waals surface area contributed by atoms with Crippen LogP contribution in [-0.4, -0.2) is 46.3 Å². The minimum Gasteiger partial charge on any atom is -0.357 e. The Balaban J connectivity index is 1.52. The van der Waals surface area contributed by atoms with Gasteiger partial charge in [-0.25, -0.2) is 9.97 Å². The van der Waals surface area contributed by atoms with Crippen molar-refractivity contribution in [2.75, 3.05) is 29.9 Å². The second kappa shape index (κ2) is 6.10. The zero-order chi connectivity index (χ0) is 15.6. The molecule has 6 nitrogen and oxygen atoms in total. The summed E-state index contributed by atoms with van der Waals surface area (Å²) in [6.45, 7) is 2.01. The van der Waals surface area contributed by atoms with Gasteiger partial charge >= 0.3 is 0 Å². The molecule has 1 atom stereocenters. The van der Waals surface area contributed by atoms with Crippen LogP contribution in [0.25, 0.3) is 0 Å². The molecular weight excluding hydrogens is 288 g/mol. The third-order valence-corrected chi connectivity index (χ3v) is 4.93. The molecule has 1 aliphatic heterocycles. The van der Waals surface area contributed by atoms with Crippen LogP contribution in [0.3, 0.4) is 0 Å². The van der Waals surface area contributed by atoms with E-state index < -0.39 is 0 Å². The van der Waals surface area contributed by atoms with Crippen LogP contribution in [0.4, 0.5) is 11.6 Å². The molecule has 0 saturated carbocycles. The summed E-state index contributed by atoms with van der Waals surface area (Å²) < 4.78 is 0. The topological polar surface area (TPSA) is 58.0 Å². The van der Waals surface area contributed by atoms with E-state index >= 15 is 0 Å². The van der Waals surface area contributed by atoms with Crippen molar-refractivity contribution in [2.24, 2.45) is 0 Å². The van der Waals surface area contributed by atoms with Crippen molar-refractivity contribution in [1.29, 1.82) is 0 Å². The average Bonchev–Trinajstić information content (AvgIpc) is 3.24. The number of nitrogens with zero attached hydrogens (tertiary/aromatic N) is 6. The van der Waals surface area contributed by atoms with Gasteiger partial charge in [0.05, 0.1) is 0 Å². The first-order chi connectivity index (χ1) is 11.3. The first-order valence-electron chi connectivity index (χ1n) is 8.41. The highest BCUT2D eigenvalue weighted by Crippen LogP contribution is 2.29. The Kier molecular flexibility index (Phi) is 3.81. The minimum absolute atomic E-state index is 0.462. The Morgan fingerprint density at radius 3 is 3.09 bits per heavy atom. The standard InChI is InChI=1S/C17H22N6/c1-22(17-14-6-2-7-15(14)18-12-19-17)11-13-5-4-10-23(13)16-8-3-9-20-21-16/h3,8-9,12-13H,2,4-7,10-11H2,1H3. The summed E-state index contributed by atoms with van der Waals surface area (Å²) in [7, 11) is 2.15. The summed E-state index contributed by atoms with van der Waals surface area (Å²) in [5.41, 5.74) is 2.58. The Bertz CT molecular complexity index is 674. The number of aryl methyl sites for hydroxylation is 1. The largest absolute Gasteiger partial charge is 0.357 e. The van der Waals surface area contributed by atoms with Gasteiger partial charge in [-0.1, -0.05) is 0 Å². The SMILES string of the molecule is CN(CC1CCCN1c1cccnn1)c1ncnc2c1CCC2. The van der Waals surface area contributed by atoms with E-state index in [9.17, 15) is 0 Å². The van der Waals surface area contributed by atoms with Crippen LogP contribution in [0.5, 0.6) is 0 Å². The predicted molar refractivity (Wildman–Crippen MR) is 89.7 cm³/mol. The molecule has 2 aromatic rings. The molecule has 0 N–H and O–H groups in total. The van der Waals surface area contributed by atoms with Gasteiger partial charge in [0.25, 0.3) is 0 Å². The fourth-order valence-corrected chi connectivity index (χ4v) is 3.85. The lowest BCUT2D eigenvalue weighted by molar-refractivity contribution is 0.641. The van der Waals surface area contributed by atoms with Gasteiger partial charge in [-0.3, -0.25) is 0 Å². The molecule has 120 valence electrons. The van der Waals surface area contributed by atoms with E-state index in [-0.39, 0.29) is 0 Å². The predicted octanol–water partition coefficient (Wildman–Crippen LogP) is 1.86. The van der Waals surface area contributed by atoms with Crippen molar-refractivity contribution in [3.05, 3.63) is 35.9 Å². The summed E-state index contributed by atoms with van der Waals surface area (Å²) in [4.78, 5) is 13.7. The van der Waals surface area contributed by atoms with Crippen molar-refractivity contribution >= 4 is 11.6 Å². The van der Waals surface area contributed by atoms with Crippen LogP contribution in [0.15, 0.2) is 24.7 Å². The molecular formula is C17H22N6. The van der Waals surface area contributed by atoms with Crippen LogP contribution in [0.1, 0.15) is 30.5 Å². The van der Waals surface area contributed by atoms with Gasteiger partial charge in [-0.2, -0.15) is 5.10 Å². The third-order valence-electron chi connectivity index (χ3n) is 4.93. The molecule has 3 heterocycles. The number of hydrogen-bond acceptors (Lipinski definition) is 6. The molecule has 0 aromatic carbocycles. The highest BCUT2D eigenvalue weighted by atomic mass is 15.3. The molecule has 1 saturated heterocycles. The van der Waals surface area contributed by atoms with Gasteiger partial charge in [0.1, 0.15) is 12.1 Å². The molecule has 0 spiro atoms. The maximum atomic E-state index is 4.56. The Labute approximate surface area is 136 Å². The molecule has 1 aliphatic carbocycles. The molecule has 1 unspecified atom stereocenters. The Morgan fingerprint density at radius 2 is 2.22 bits per heavy atom. The second-order valence-corrected chi connectivity index (χ2v) is 6.43. The zero-order valence-corrected chi connectivity index (χ0v) is 13.5. The number of hydrogen-bond donors (Lipinski definition) is 0. The van der Waals surface area contributed by atoms with Gasteiger partial charge in [-0.05, 0) is 44.2 Å². The lowest BCUT2D eigenvalue weighted by atomic mass is 10.2. The van der Waals surface area contributed by atoms with Gasteiger partial charge in [0.15, 0.2) is 5.82 Å². The molecule has 0 bridgehead atoms. The summed E-state index contributed by atoms with van der Waals surface area (Å²) in [5.74, 6) is 2.09. The van der Waals surface area contributed by atoms with E-state index in [0.29, 0.717) is 6.04 Å². The fraction of sp³-hybridized carbons (Fsp3) is 0.529. The summed E-state index contributed by atoms with van der Waals surface area (Å²) in [6, 6.07) is 4.47. The molecule has 0 radical (unpaired) electrons. The van der Waals surface area contributed by atoms with Crippen molar-refractivity contribution < 1.29 is 0 Å². The van der Waals surface area contributed by atoms with Gasteiger partial charge in [0.2, 0.25) is 0 Å². The van der Waals surface area contributed by atoms with E-state index in [0.717, 1.165) is 37.6 Å². The molecule has 0 amide bonds. The van der Waals surface area contributed by atoms with E-state index in [1.807, 2.05) is 12.1 Å². The Morgan fingerprint density at radius 1 is 1.26 bits per heavy atom. The maximum Gasteiger partial charge on any atom is 0.151 e. The average molecular weight is 310 g/mol. The molecule has 23 heavy (non-hydrogen) atoms. The maximum absolute atomic E-state index is 4.56. The van der Waals surface area contributed by atoms with Crippen molar-refractivity contribution in [1.82, 2.24) is 20.2 Å². The van der Waals surface area contributed by atoms with Crippen LogP contribution >= 0.6 is 0 Å². The lowest BCUT2D eigenvalue weighted by Gasteiger charge is -2.30. The van der Waals surface area contributed by atoms with Gasteiger partial charge in [-0.15, -0.1) is 5.10 Å². The summed E-state index contributed by atoms with van der Waals surface area (Å²) in [5, 5.41) is 8.30. The molecule has 4 rings (SSSR count). The van der Waals surface area contributed by atoms with Crippen LogP contribution in [0, 0.1) is 0 Å². The van der Waals surface area contributed by atoms with E-state index in [1.165, 1.54) is 30.5 Å². The van der Waals surface area contributed by atoms with Gasteiger partial charge < -0.3 is 9.80 Å². The zero-order valence-electron chi connectivity index (χ0n) is 13.5. The molecule has 6 heteroatoms. The minimum atomic E-state index is 0.462. The van der Waals surface area contributed by atoms with Crippen LogP contribution in [0.2, 0.25) is 0 Å². The van der Waals surface area contributed by atoms with E-state index in [4.69, 9.17) is 0 Å². The Hall–Kier alpha value is -2.24. The molecule has 2 aliphatic rings. The first kappa shape index (κ1) is 14.4. The third kappa shape index (κ3) is 2.73.